The van der Waals surface area contributed by atoms with E-state index in [4.69, 9.17) is 4.74 Å². The predicted molar refractivity (Wildman–Crippen MR) is 87.3 cm³/mol. The van der Waals surface area contributed by atoms with Crippen molar-refractivity contribution in [2.75, 3.05) is 11.9 Å². The molecule has 5 nitrogen and oxygen atoms in total. The molecule has 24 heavy (non-hydrogen) atoms. The summed E-state index contributed by atoms with van der Waals surface area (Å²) < 4.78 is 19.6. The average Bonchev–Trinajstić information content (AvgIpc) is 2.61. The van der Waals surface area contributed by atoms with Gasteiger partial charge in [0.1, 0.15) is 5.82 Å². The van der Waals surface area contributed by atoms with Gasteiger partial charge in [-0.25, -0.2) is 4.39 Å². The number of non-ortho nitro benzene ring substituents is 1. The molecule has 2 aliphatic rings. The largest absolute Gasteiger partial charge is 0.378 e. The van der Waals surface area contributed by atoms with Crippen molar-refractivity contribution < 1.29 is 14.1 Å². The minimum Gasteiger partial charge on any atom is -0.378 e. The number of anilines is 1. The van der Waals surface area contributed by atoms with Gasteiger partial charge in [0, 0.05) is 35.9 Å². The highest BCUT2D eigenvalue weighted by Crippen LogP contribution is 2.49. The fraction of sp³-hybridized carbons (Fsp3) is 0.333. The van der Waals surface area contributed by atoms with E-state index in [0.717, 1.165) is 29.7 Å². The first kappa shape index (κ1) is 15.1. The molecule has 3 atom stereocenters. The maximum atomic E-state index is 13.7. The van der Waals surface area contributed by atoms with Crippen molar-refractivity contribution in [3.63, 3.8) is 0 Å². The van der Waals surface area contributed by atoms with Crippen LogP contribution in [0.25, 0.3) is 0 Å². The highest BCUT2D eigenvalue weighted by molar-refractivity contribution is 5.57. The summed E-state index contributed by atoms with van der Waals surface area (Å²) in [5, 5.41) is 14.5. The Labute approximate surface area is 138 Å². The number of nitrogens with one attached hydrogen (secondary N) is 1. The molecule has 0 amide bonds. The van der Waals surface area contributed by atoms with Gasteiger partial charge in [0.15, 0.2) is 0 Å². The lowest BCUT2D eigenvalue weighted by atomic mass is 9.77. The van der Waals surface area contributed by atoms with E-state index in [0.29, 0.717) is 6.61 Å². The molecule has 0 bridgehead atoms. The third-order valence-corrected chi connectivity index (χ3v) is 4.87. The fourth-order valence-corrected chi connectivity index (χ4v) is 3.80. The van der Waals surface area contributed by atoms with E-state index in [9.17, 15) is 14.5 Å². The molecule has 0 unspecified atom stereocenters. The summed E-state index contributed by atoms with van der Waals surface area (Å²) in [6, 6.07) is 11.3. The van der Waals surface area contributed by atoms with Crippen molar-refractivity contribution in [1.82, 2.24) is 0 Å². The second-order valence-electron chi connectivity index (χ2n) is 6.30. The molecule has 1 saturated heterocycles. The Hall–Kier alpha value is -2.47. The molecule has 0 aromatic heterocycles. The van der Waals surface area contributed by atoms with E-state index >= 15 is 0 Å². The Morgan fingerprint density at radius 2 is 2.12 bits per heavy atom. The number of fused-ring (bicyclic) bond motifs is 3. The number of nitro groups is 1. The number of rotatable bonds is 2. The molecule has 2 aromatic carbocycles. The molecule has 1 N–H and O–H groups in total. The SMILES string of the molecule is O=[N+]([O-])c1cccc([C@@H]2Nc3ccc(F)cc3[C@@H]3OCCC[C@H]23)c1. The molecule has 2 aliphatic heterocycles. The molecule has 2 aromatic rings. The van der Waals surface area contributed by atoms with Crippen LogP contribution in [0, 0.1) is 21.8 Å². The van der Waals surface area contributed by atoms with Crippen LogP contribution in [-0.2, 0) is 4.74 Å². The lowest BCUT2D eigenvalue weighted by Gasteiger charge is -2.43. The van der Waals surface area contributed by atoms with Crippen LogP contribution in [0.15, 0.2) is 42.5 Å². The monoisotopic (exact) mass is 328 g/mol. The van der Waals surface area contributed by atoms with Crippen LogP contribution < -0.4 is 5.32 Å². The zero-order chi connectivity index (χ0) is 16.7. The normalized spacial score (nSPS) is 25.3. The Kier molecular flexibility index (Phi) is 3.69. The highest BCUT2D eigenvalue weighted by Gasteiger charge is 2.40. The molecule has 4 rings (SSSR count). The van der Waals surface area contributed by atoms with Crippen molar-refractivity contribution in [3.8, 4) is 0 Å². The quantitative estimate of drug-likeness (QED) is 0.657. The van der Waals surface area contributed by atoms with Gasteiger partial charge >= 0.3 is 0 Å². The van der Waals surface area contributed by atoms with Gasteiger partial charge in [-0.15, -0.1) is 0 Å². The summed E-state index contributed by atoms with van der Waals surface area (Å²) in [5.74, 6) is -0.160. The van der Waals surface area contributed by atoms with Gasteiger partial charge in [-0.1, -0.05) is 12.1 Å². The lowest BCUT2D eigenvalue weighted by molar-refractivity contribution is -0.384. The molecule has 6 heteroatoms. The van der Waals surface area contributed by atoms with Gasteiger partial charge in [0.05, 0.1) is 17.1 Å². The molecule has 2 heterocycles. The summed E-state index contributed by atoms with van der Waals surface area (Å²) in [5.41, 5.74) is 2.60. The van der Waals surface area contributed by atoms with Gasteiger partial charge in [-0.3, -0.25) is 10.1 Å². The number of hydrogen-bond donors (Lipinski definition) is 1. The summed E-state index contributed by atoms with van der Waals surface area (Å²) in [6.07, 6.45) is 1.68. The highest BCUT2D eigenvalue weighted by atomic mass is 19.1. The molecule has 0 spiro atoms. The molecular weight excluding hydrogens is 311 g/mol. The van der Waals surface area contributed by atoms with Crippen molar-refractivity contribution in [2.24, 2.45) is 5.92 Å². The minimum absolute atomic E-state index is 0.0764. The predicted octanol–water partition coefficient (Wildman–Crippen LogP) is 4.37. The summed E-state index contributed by atoms with van der Waals surface area (Å²) in [6.45, 7) is 0.652. The lowest BCUT2D eigenvalue weighted by Crippen LogP contribution is -2.36. The van der Waals surface area contributed by atoms with Gasteiger partial charge in [-0.2, -0.15) is 0 Å². The van der Waals surface area contributed by atoms with Crippen LogP contribution in [-0.4, -0.2) is 11.5 Å². The number of hydrogen-bond acceptors (Lipinski definition) is 4. The van der Waals surface area contributed by atoms with Crippen LogP contribution in [0.4, 0.5) is 15.8 Å². The van der Waals surface area contributed by atoms with Crippen LogP contribution in [0.3, 0.4) is 0 Å². The van der Waals surface area contributed by atoms with Crippen LogP contribution >= 0.6 is 0 Å². The topological polar surface area (TPSA) is 64.4 Å². The third kappa shape index (κ3) is 2.53. The standard InChI is InChI=1S/C18H17FN2O3/c19-12-6-7-16-15(10-12)18-14(5-2-8-24-18)17(20-16)11-3-1-4-13(9-11)21(22)23/h1,3-4,6-7,9-10,14,17-18,20H,2,5,8H2/t14-,17+,18-/m1/s1. The summed E-state index contributed by atoms with van der Waals surface area (Å²) >= 11 is 0. The maximum Gasteiger partial charge on any atom is 0.269 e. The average molecular weight is 328 g/mol. The molecule has 0 radical (unpaired) electrons. The van der Waals surface area contributed by atoms with E-state index in [1.807, 2.05) is 6.07 Å². The third-order valence-electron chi connectivity index (χ3n) is 4.87. The van der Waals surface area contributed by atoms with Gasteiger partial charge in [-0.05, 0) is 36.6 Å². The summed E-state index contributed by atoms with van der Waals surface area (Å²) in [7, 11) is 0. The zero-order valence-electron chi connectivity index (χ0n) is 12.9. The maximum absolute atomic E-state index is 13.7. The molecule has 0 aliphatic carbocycles. The fourth-order valence-electron chi connectivity index (χ4n) is 3.80. The summed E-state index contributed by atoms with van der Waals surface area (Å²) in [4.78, 5) is 10.7. The van der Waals surface area contributed by atoms with Crippen LogP contribution in [0.5, 0.6) is 0 Å². The van der Waals surface area contributed by atoms with E-state index in [-0.39, 0.29) is 34.5 Å². The first-order valence-corrected chi connectivity index (χ1v) is 8.05. The molecule has 1 fully saturated rings. The van der Waals surface area contributed by atoms with Crippen molar-refractivity contribution in [3.05, 3.63) is 69.5 Å². The van der Waals surface area contributed by atoms with Crippen molar-refractivity contribution in [2.45, 2.75) is 25.0 Å². The number of halogens is 1. The minimum atomic E-state index is -0.384. The molecule has 0 saturated carbocycles. The second-order valence-corrected chi connectivity index (χ2v) is 6.30. The second kappa shape index (κ2) is 5.87. The van der Waals surface area contributed by atoms with Gasteiger partial charge in [0.2, 0.25) is 0 Å². The first-order valence-electron chi connectivity index (χ1n) is 8.05. The Bertz CT molecular complexity index is 796. The number of nitrogens with zero attached hydrogens (tertiary/aromatic N) is 1. The van der Waals surface area contributed by atoms with E-state index in [1.54, 1.807) is 18.2 Å². The van der Waals surface area contributed by atoms with Gasteiger partial charge < -0.3 is 10.1 Å². The Morgan fingerprint density at radius 1 is 1.25 bits per heavy atom. The molecule has 124 valence electrons. The van der Waals surface area contributed by atoms with E-state index in [2.05, 4.69) is 5.32 Å². The van der Waals surface area contributed by atoms with E-state index in [1.165, 1.54) is 18.2 Å². The van der Waals surface area contributed by atoms with Gasteiger partial charge in [0.25, 0.3) is 5.69 Å². The van der Waals surface area contributed by atoms with Crippen molar-refractivity contribution >= 4 is 11.4 Å². The van der Waals surface area contributed by atoms with E-state index < -0.39 is 0 Å². The number of benzene rings is 2. The number of nitro benzene ring substituents is 1. The number of ether oxygens (including phenoxy) is 1. The Morgan fingerprint density at radius 3 is 2.96 bits per heavy atom. The molecular formula is C18H17FN2O3. The zero-order valence-corrected chi connectivity index (χ0v) is 12.9. The van der Waals surface area contributed by atoms with Crippen molar-refractivity contribution in [1.29, 1.82) is 0 Å². The van der Waals surface area contributed by atoms with Crippen LogP contribution in [0.1, 0.15) is 36.1 Å². The Balaban J connectivity index is 1.77. The smallest absolute Gasteiger partial charge is 0.269 e. The van der Waals surface area contributed by atoms with Crippen LogP contribution in [0.2, 0.25) is 0 Å². The first-order chi connectivity index (χ1) is 11.6.